The lowest BCUT2D eigenvalue weighted by atomic mass is 10.00. The molecule has 1 aromatic carbocycles. The predicted octanol–water partition coefficient (Wildman–Crippen LogP) is 3.36. The minimum Gasteiger partial charge on any atom is -0.378 e. The Morgan fingerprint density at radius 1 is 1.16 bits per heavy atom. The molecule has 3 aromatic rings. The van der Waals surface area contributed by atoms with Crippen LogP contribution in [0.5, 0.6) is 0 Å². The van der Waals surface area contributed by atoms with Gasteiger partial charge in [-0.15, -0.1) is 0 Å². The molecule has 2 aromatic heterocycles. The SMILES string of the molecule is Cc1cc(-c2cc3nccnc3c(NC[C@H]3CCCNC3)n2)ccc1N1CCOCC1.S. The highest BCUT2D eigenvalue weighted by atomic mass is 32.1. The van der Waals surface area contributed by atoms with Crippen molar-refractivity contribution in [3.05, 3.63) is 42.2 Å². The standard InChI is InChI=1S/C24H30N6O.H2S/c1-17-13-19(4-5-22(17)30-9-11-31-12-10-30)20-14-21-23(27-8-7-26-21)24(29-20)28-16-18-3-2-6-25-15-18;/h4-5,7-8,13-14,18,25H,2-3,6,9-12,15-16H2,1H3,(H,28,29);1H2/t18-;/m0./s1. The van der Waals surface area contributed by atoms with Gasteiger partial charge in [0, 0.05) is 43.3 Å². The Kier molecular flexibility index (Phi) is 7.44. The second-order valence-corrected chi connectivity index (χ2v) is 8.47. The lowest BCUT2D eigenvalue weighted by Gasteiger charge is -2.30. The summed E-state index contributed by atoms with van der Waals surface area (Å²) in [6.07, 6.45) is 5.95. The zero-order valence-electron chi connectivity index (χ0n) is 18.6. The fraction of sp³-hybridized carbons (Fsp3) is 0.458. The van der Waals surface area contributed by atoms with E-state index in [2.05, 4.69) is 50.6 Å². The van der Waals surface area contributed by atoms with Crippen LogP contribution >= 0.6 is 13.5 Å². The van der Waals surface area contributed by atoms with Gasteiger partial charge in [0.2, 0.25) is 0 Å². The van der Waals surface area contributed by atoms with Crippen LogP contribution in [0.1, 0.15) is 18.4 Å². The number of rotatable bonds is 5. The molecule has 2 N–H and O–H groups in total. The Morgan fingerprint density at radius 3 is 2.78 bits per heavy atom. The van der Waals surface area contributed by atoms with Crippen molar-refractivity contribution in [3.63, 3.8) is 0 Å². The van der Waals surface area contributed by atoms with Crippen molar-refractivity contribution in [2.24, 2.45) is 5.92 Å². The fourth-order valence-electron chi connectivity index (χ4n) is 4.56. The summed E-state index contributed by atoms with van der Waals surface area (Å²) in [6, 6.07) is 8.64. The number of hydrogen-bond donors (Lipinski definition) is 2. The van der Waals surface area contributed by atoms with E-state index in [4.69, 9.17) is 9.72 Å². The first kappa shape index (κ1) is 22.8. The highest BCUT2D eigenvalue weighted by Crippen LogP contribution is 2.30. The summed E-state index contributed by atoms with van der Waals surface area (Å²) in [5.74, 6) is 1.43. The number of pyridine rings is 1. The predicted molar refractivity (Wildman–Crippen MR) is 135 cm³/mol. The fourth-order valence-corrected chi connectivity index (χ4v) is 4.56. The van der Waals surface area contributed by atoms with Crippen LogP contribution in [0, 0.1) is 12.8 Å². The molecule has 0 aliphatic carbocycles. The number of nitrogens with zero attached hydrogens (tertiary/aromatic N) is 4. The Bertz CT molecular complexity index is 1050. The van der Waals surface area contributed by atoms with Gasteiger partial charge in [0.05, 0.1) is 24.4 Å². The number of nitrogens with one attached hydrogen (secondary N) is 2. The highest BCUT2D eigenvalue weighted by Gasteiger charge is 2.17. The molecule has 4 heterocycles. The van der Waals surface area contributed by atoms with E-state index in [1.54, 1.807) is 12.4 Å². The molecule has 32 heavy (non-hydrogen) atoms. The molecular formula is C24H32N6OS. The van der Waals surface area contributed by atoms with E-state index in [-0.39, 0.29) is 13.5 Å². The molecule has 7 nitrogen and oxygen atoms in total. The molecule has 5 rings (SSSR count). The van der Waals surface area contributed by atoms with Gasteiger partial charge in [-0.25, -0.2) is 9.97 Å². The Balaban J connectivity index is 0.00000245. The van der Waals surface area contributed by atoms with Gasteiger partial charge in [-0.3, -0.25) is 4.98 Å². The molecule has 0 saturated carbocycles. The zero-order valence-corrected chi connectivity index (χ0v) is 19.6. The monoisotopic (exact) mass is 452 g/mol. The number of aryl methyl sites for hydroxylation is 1. The maximum atomic E-state index is 5.50. The zero-order chi connectivity index (χ0) is 21.0. The number of morpholine rings is 1. The van der Waals surface area contributed by atoms with Crippen LogP contribution in [0.15, 0.2) is 36.7 Å². The van der Waals surface area contributed by atoms with Crippen LogP contribution in [0.4, 0.5) is 11.5 Å². The molecule has 0 amide bonds. The summed E-state index contributed by atoms with van der Waals surface area (Å²) in [6.45, 7) is 8.70. The van der Waals surface area contributed by atoms with E-state index in [0.29, 0.717) is 5.92 Å². The summed E-state index contributed by atoms with van der Waals surface area (Å²) < 4.78 is 5.50. The van der Waals surface area contributed by atoms with Crippen LogP contribution in [0.2, 0.25) is 0 Å². The first-order chi connectivity index (χ1) is 15.3. The molecule has 2 aliphatic rings. The summed E-state index contributed by atoms with van der Waals surface area (Å²) in [4.78, 5) is 16.5. The molecule has 0 spiro atoms. The topological polar surface area (TPSA) is 75.2 Å². The number of benzene rings is 1. The second-order valence-electron chi connectivity index (χ2n) is 8.47. The van der Waals surface area contributed by atoms with Gasteiger partial charge in [-0.05, 0) is 62.5 Å². The molecule has 8 heteroatoms. The molecule has 170 valence electrons. The average molecular weight is 453 g/mol. The van der Waals surface area contributed by atoms with Crippen LogP contribution in [-0.4, -0.2) is 60.9 Å². The summed E-state index contributed by atoms with van der Waals surface area (Å²) in [5, 5.41) is 7.05. The largest absolute Gasteiger partial charge is 0.378 e. The molecule has 0 radical (unpaired) electrons. The van der Waals surface area contributed by atoms with Crippen LogP contribution < -0.4 is 15.5 Å². The molecule has 0 bridgehead atoms. The molecule has 1 atom stereocenters. The quantitative estimate of drug-likeness (QED) is 0.615. The van der Waals surface area contributed by atoms with Crippen LogP contribution in [-0.2, 0) is 4.74 Å². The number of fused-ring (bicyclic) bond motifs is 1. The number of hydrogen-bond acceptors (Lipinski definition) is 7. The molecule has 2 fully saturated rings. The molecular weight excluding hydrogens is 420 g/mol. The van der Waals surface area contributed by atoms with E-state index in [1.165, 1.54) is 24.1 Å². The van der Waals surface area contributed by atoms with Crippen molar-refractivity contribution in [2.75, 3.05) is 56.2 Å². The number of aromatic nitrogens is 3. The van der Waals surface area contributed by atoms with E-state index < -0.39 is 0 Å². The third-order valence-electron chi connectivity index (χ3n) is 6.26. The van der Waals surface area contributed by atoms with Crippen molar-refractivity contribution in [2.45, 2.75) is 19.8 Å². The lowest BCUT2D eigenvalue weighted by molar-refractivity contribution is 0.122. The van der Waals surface area contributed by atoms with Gasteiger partial charge >= 0.3 is 0 Å². The van der Waals surface area contributed by atoms with Crippen molar-refractivity contribution < 1.29 is 4.74 Å². The normalized spacial score (nSPS) is 18.9. The van der Waals surface area contributed by atoms with Crippen molar-refractivity contribution in [3.8, 4) is 11.3 Å². The van der Waals surface area contributed by atoms with Gasteiger partial charge in [0.25, 0.3) is 0 Å². The van der Waals surface area contributed by atoms with Crippen LogP contribution in [0.3, 0.4) is 0 Å². The van der Waals surface area contributed by atoms with Gasteiger partial charge in [0.1, 0.15) is 5.52 Å². The number of anilines is 2. The molecule has 2 saturated heterocycles. The number of ether oxygens (including phenoxy) is 1. The maximum absolute atomic E-state index is 5.50. The minimum absolute atomic E-state index is 0. The van der Waals surface area contributed by atoms with Gasteiger partial charge in [-0.1, -0.05) is 6.07 Å². The maximum Gasteiger partial charge on any atom is 0.154 e. The number of piperidine rings is 1. The Morgan fingerprint density at radius 2 is 2.00 bits per heavy atom. The first-order valence-corrected chi connectivity index (χ1v) is 11.3. The van der Waals surface area contributed by atoms with Crippen molar-refractivity contribution in [1.82, 2.24) is 20.3 Å². The third-order valence-corrected chi connectivity index (χ3v) is 6.26. The molecule has 2 aliphatic heterocycles. The summed E-state index contributed by atoms with van der Waals surface area (Å²) in [7, 11) is 0. The molecule has 0 unspecified atom stereocenters. The van der Waals surface area contributed by atoms with E-state index in [9.17, 15) is 0 Å². The van der Waals surface area contributed by atoms with Crippen LogP contribution in [0.25, 0.3) is 22.3 Å². The Hall–Kier alpha value is -2.42. The Labute approximate surface area is 196 Å². The minimum atomic E-state index is 0. The summed E-state index contributed by atoms with van der Waals surface area (Å²) in [5.41, 5.74) is 6.25. The van der Waals surface area contributed by atoms with Gasteiger partial charge < -0.3 is 20.3 Å². The highest BCUT2D eigenvalue weighted by molar-refractivity contribution is 7.59. The van der Waals surface area contributed by atoms with E-state index in [1.807, 2.05) is 6.07 Å². The third kappa shape index (κ3) is 4.98. The van der Waals surface area contributed by atoms with E-state index in [0.717, 1.165) is 74.0 Å². The smallest absolute Gasteiger partial charge is 0.154 e. The summed E-state index contributed by atoms with van der Waals surface area (Å²) >= 11 is 0. The lowest BCUT2D eigenvalue weighted by Crippen LogP contribution is -2.36. The van der Waals surface area contributed by atoms with E-state index >= 15 is 0 Å². The van der Waals surface area contributed by atoms with Crippen molar-refractivity contribution >= 4 is 36.0 Å². The van der Waals surface area contributed by atoms with Crippen molar-refractivity contribution in [1.29, 1.82) is 0 Å². The first-order valence-electron chi connectivity index (χ1n) is 11.3. The average Bonchev–Trinajstić information content (AvgIpc) is 2.83. The van der Waals surface area contributed by atoms with Gasteiger partial charge in [0.15, 0.2) is 5.82 Å². The second kappa shape index (κ2) is 10.5. The van der Waals surface area contributed by atoms with Gasteiger partial charge in [-0.2, -0.15) is 13.5 Å².